The van der Waals surface area contributed by atoms with Gasteiger partial charge in [0.25, 0.3) is 0 Å². The van der Waals surface area contributed by atoms with Crippen LogP contribution in [0.3, 0.4) is 0 Å². The van der Waals surface area contributed by atoms with Gasteiger partial charge in [0, 0.05) is 39.9 Å². The SMILES string of the molecule is CN=C(NCCc1ccc(N(C)C)cc1)NCc1ccc2c(c1)OCO2.I. The van der Waals surface area contributed by atoms with Crippen LogP contribution in [-0.4, -0.2) is 40.4 Å². The first-order valence-electron chi connectivity index (χ1n) is 8.75. The van der Waals surface area contributed by atoms with E-state index in [4.69, 9.17) is 9.47 Å². The zero-order valence-corrected chi connectivity index (χ0v) is 18.3. The summed E-state index contributed by atoms with van der Waals surface area (Å²) < 4.78 is 10.7. The van der Waals surface area contributed by atoms with Crippen LogP contribution >= 0.6 is 24.0 Å². The van der Waals surface area contributed by atoms with Gasteiger partial charge in [-0.2, -0.15) is 0 Å². The van der Waals surface area contributed by atoms with Crippen LogP contribution in [0.5, 0.6) is 11.5 Å². The van der Waals surface area contributed by atoms with Gasteiger partial charge in [-0.05, 0) is 41.8 Å². The van der Waals surface area contributed by atoms with Crippen molar-refractivity contribution < 1.29 is 9.47 Å². The molecule has 0 radical (unpaired) electrons. The van der Waals surface area contributed by atoms with Gasteiger partial charge in [0.15, 0.2) is 17.5 Å². The minimum atomic E-state index is 0. The Morgan fingerprint density at radius 3 is 2.41 bits per heavy atom. The first kappa shape index (κ1) is 21.1. The van der Waals surface area contributed by atoms with Gasteiger partial charge >= 0.3 is 0 Å². The highest BCUT2D eigenvalue weighted by atomic mass is 127. The van der Waals surface area contributed by atoms with E-state index in [1.165, 1.54) is 11.3 Å². The molecule has 0 spiro atoms. The lowest BCUT2D eigenvalue weighted by molar-refractivity contribution is 0.174. The minimum absolute atomic E-state index is 0. The standard InChI is InChI=1S/C20H26N4O2.HI/c1-21-20(22-11-10-15-4-7-17(8-5-15)24(2)3)23-13-16-6-9-18-19(12-16)26-14-25-18;/h4-9,12H,10-11,13-14H2,1-3H3,(H2,21,22,23);1H. The Labute approximate surface area is 178 Å². The lowest BCUT2D eigenvalue weighted by Gasteiger charge is -2.14. The van der Waals surface area contributed by atoms with E-state index in [9.17, 15) is 0 Å². The molecule has 0 bridgehead atoms. The van der Waals surface area contributed by atoms with Crippen molar-refractivity contribution in [2.75, 3.05) is 39.4 Å². The number of nitrogens with zero attached hydrogens (tertiary/aromatic N) is 2. The van der Waals surface area contributed by atoms with Crippen LogP contribution in [0, 0.1) is 0 Å². The van der Waals surface area contributed by atoms with Crippen LogP contribution in [-0.2, 0) is 13.0 Å². The van der Waals surface area contributed by atoms with Crippen LogP contribution in [0.2, 0.25) is 0 Å². The maximum atomic E-state index is 5.41. The van der Waals surface area contributed by atoms with E-state index >= 15 is 0 Å². The number of fused-ring (bicyclic) bond motifs is 1. The third kappa shape index (κ3) is 5.92. The van der Waals surface area contributed by atoms with Crippen molar-refractivity contribution in [3.05, 3.63) is 53.6 Å². The van der Waals surface area contributed by atoms with Crippen LogP contribution in [0.4, 0.5) is 5.69 Å². The first-order valence-corrected chi connectivity index (χ1v) is 8.75. The molecular weight excluding hydrogens is 455 g/mol. The van der Waals surface area contributed by atoms with Crippen LogP contribution in [0.25, 0.3) is 0 Å². The highest BCUT2D eigenvalue weighted by Crippen LogP contribution is 2.32. The van der Waals surface area contributed by atoms with Gasteiger partial charge in [0.2, 0.25) is 6.79 Å². The Kier molecular flexibility index (Phi) is 8.02. The molecular formula is C20H27IN4O2. The maximum absolute atomic E-state index is 5.41. The molecule has 0 unspecified atom stereocenters. The van der Waals surface area contributed by atoms with Gasteiger partial charge in [0.1, 0.15) is 0 Å². The van der Waals surface area contributed by atoms with E-state index in [-0.39, 0.29) is 24.0 Å². The number of ether oxygens (including phenoxy) is 2. The Hall–Kier alpha value is -2.16. The third-order valence-corrected chi connectivity index (χ3v) is 4.28. The molecule has 0 aromatic heterocycles. The minimum Gasteiger partial charge on any atom is -0.454 e. The van der Waals surface area contributed by atoms with Crippen molar-refractivity contribution in [1.82, 2.24) is 10.6 Å². The van der Waals surface area contributed by atoms with Crippen molar-refractivity contribution in [2.45, 2.75) is 13.0 Å². The van der Waals surface area contributed by atoms with Crippen molar-refractivity contribution in [2.24, 2.45) is 4.99 Å². The Morgan fingerprint density at radius 1 is 1.00 bits per heavy atom. The second kappa shape index (κ2) is 10.2. The number of benzene rings is 2. The zero-order chi connectivity index (χ0) is 18.4. The molecule has 2 aromatic carbocycles. The number of anilines is 1. The summed E-state index contributed by atoms with van der Waals surface area (Å²) in [6, 6.07) is 14.6. The maximum Gasteiger partial charge on any atom is 0.231 e. The molecule has 2 N–H and O–H groups in total. The number of hydrogen-bond acceptors (Lipinski definition) is 4. The Balaban J connectivity index is 0.00000261. The van der Waals surface area contributed by atoms with Crippen LogP contribution in [0.1, 0.15) is 11.1 Å². The summed E-state index contributed by atoms with van der Waals surface area (Å²) in [7, 11) is 5.87. The van der Waals surface area contributed by atoms with Crippen molar-refractivity contribution in [3.8, 4) is 11.5 Å². The summed E-state index contributed by atoms with van der Waals surface area (Å²) in [4.78, 5) is 6.38. The second-order valence-corrected chi connectivity index (χ2v) is 6.35. The molecule has 0 saturated carbocycles. The summed E-state index contributed by atoms with van der Waals surface area (Å²) in [5, 5.41) is 6.67. The predicted molar refractivity (Wildman–Crippen MR) is 121 cm³/mol. The van der Waals surface area contributed by atoms with Gasteiger partial charge < -0.3 is 25.0 Å². The number of halogens is 1. The molecule has 0 amide bonds. The summed E-state index contributed by atoms with van der Waals surface area (Å²) >= 11 is 0. The summed E-state index contributed by atoms with van der Waals surface area (Å²) in [5.74, 6) is 2.39. The van der Waals surface area contributed by atoms with E-state index in [0.29, 0.717) is 13.3 Å². The number of nitrogens with one attached hydrogen (secondary N) is 2. The van der Waals surface area contributed by atoms with Crippen LogP contribution in [0.15, 0.2) is 47.5 Å². The zero-order valence-electron chi connectivity index (χ0n) is 16.0. The molecule has 0 atom stereocenters. The second-order valence-electron chi connectivity index (χ2n) is 6.35. The fourth-order valence-electron chi connectivity index (χ4n) is 2.74. The topological polar surface area (TPSA) is 58.1 Å². The van der Waals surface area contributed by atoms with E-state index in [1.54, 1.807) is 7.05 Å². The molecule has 1 aliphatic heterocycles. The van der Waals surface area contributed by atoms with Gasteiger partial charge in [-0.1, -0.05) is 18.2 Å². The average molecular weight is 482 g/mol. The van der Waals surface area contributed by atoms with Gasteiger partial charge in [0.05, 0.1) is 0 Å². The smallest absolute Gasteiger partial charge is 0.231 e. The molecule has 0 aliphatic carbocycles. The molecule has 0 saturated heterocycles. The van der Waals surface area contributed by atoms with Crippen molar-refractivity contribution in [1.29, 1.82) is 0 Å². The Bertz CT molecular complexity index is 763. The predicted octanol–water partition coefficient (Wildman–Crippen LogP) is 3.01. The Morgan fingerprint density at radius 2 is 1.70 bits per heavy atom. The molecule has 7 heteroatoms. The summed E-state index contributed by atoms with van der Waals surface area (Å²) in [5.41, 5.74) is 3.63. The number of rotatable bonds is 6. The quantitative estimate of drug-likeness (QED) is 0.377. The lowest BCUT2D eigenvalue weighted by atomic mass is 10.1. The molecule has 27 heavy (non-hydrogen) atoms. The fraction of sp³-hybridized carbons (Fsp3) is 0.350. The number of aliphatic imine (C=N–C) groups is 1. The molecule has 0 fully saturated rings. The summed E-state index contributed by atoms with van der Waals surface area (Å²) in [6.07, 6.45) is 0.943. The number of guanidine groups is 1. The number of hydrogen-bond donors (Lipinski definition) is 2. The molecule has 2 aromatic rings. The molecule has 1 heterocycles. The van der Waals surface area contributed by atoms with E-state index in [1.807, 2.05) is 32.3 Å². The highest BCUT2D eigenvalue weighted by molar-refractivity contribution is 14.0. The normalized spacial score (nSPS) is 12.3. The van der Waals surface area contributed by atoms with Crippen molar-refractivity contribution in [3.63, 3.8) is 0 Å². The van der Waals surface area contributed by atoms with Crippen molar-refractivity contribution >= 4 is 35.6 Å². The lowest BCUT2D eigenvalue weighted by Crippen LogP contribution is -2.37. The molecule has 1 aliphatic rings. The van der Waals surface area contributed by atoms with E-state index < -0.39 is 0 Å². The monoisotopic (exact) mass is 482 g/mol. The molecule has 6 nitrogen and oxygen atoms in total. The average Bonchev–Trinajstić information content (AvgIpc) is 3.12. The van der Waals surface area contributed by atoms with Gasteiger partial charge in [-0.25, -0.2) is 0 Å². The molecule has 3 rings (SSSR count). The molecule has 146 valence electrons. The van der Waals surface area contributed by atoms with Gasteiger partial charge in [-0.15, -0.1) is 24.0 Å². The first-order chi connectivity index (χ1) is 12.7. The van der Waals surface area contributed by atoms with E-state index in [2.05, 4.69) is 44.8 Å². The van der Waals surface area contributed by atoms with Gasteiger partial charge in [-0.3, -0.25) is 4.99 Å². The fourth-order valence-corrected chi connectivity index (χ4v) is 2.74. The summed E-state index contributed by atoms with van der Waals surface area (Å²) in [6.45, 7) is 1.79. The largest absolute Gasteiger partial charge is 0.454 e. The third-order valence-electron chi connectivity index (χ3n) is 4.28. The van der Waals surface area contributed by atoms with Crippen LogP contribution < -0.4 is 25.0 Å². The highest BCUT2D eigenvalue weighted by Gasteiger charge is 2.13. The van der Waals surface area contributed by atoms with E-state index in [0.717, 1.165) is 36.0 Å².